The average Bonchev–Trinajstić information content (AvgIpc) is 2.91. The van der Waals surface area contributed by atoms with Crippen LogP contribution in [0.4, 0.5) is 0 Å². The molecule has 1 heterocycles. The Hall–Kier alpha value is -2.35. The molecule has 0 fully saturated rings. The van der Waals surface area contributed by atoms with Crippen molar-refractivity contribution >= 4 is 38.5 Å². The second kappa shape index (κ2) is 7.11. The molecule has 0 saturated heterocycles. The fourth-order valence-electron chi connectivity index (χ4n) is 2.66. The summed E-state index contributed by atoms with van der Waals surface area (Å²) in [6.07, 6.45) is 0.543. The van der Waals surface area contributed by atoms with Gasteiger partial charge in [0.2, 0.25) is 10.0 Å². The number of carbonyl (C=O) groups excluding carboxylic acids is 1. The van der Waals surface area contributed by atoms with Crippen molar-refractivity contribution in [1.29, 1.82) is 0 Å². The maximum absolute atomic E-state index is 12.4. The van der Waals surface area contributed by atoms with Crippen LogP contribution in [-0.2, 0) is 16.4 Å². The van der Waals surface area contributed by atoms with Crippen molar-refractivity contribution in [3.63, 3.8) is 0 Å². The number of primary sulfonamides is 1. The first-order valence-corrected chi connectivity index (χ1v) is 9.77. The Kier molecular flexibility index (Phi) is 5.04. The number of sulfonamides is 1. The number of hydrogen-bond donors (Lipinski definition) is 2. The third-order valence-corrected chi connectivity index (χ3v) is 5.22. The van der Waals surface area contributed by atoms with Crippen LogP contribution < -0.4 is 10.5 Å². The largest absolute Gasteiger partial charge is 0.451 e. The van der Waals surface area contributed by atoms with Crippen molar-refractivity contribution in [3.8, 4) is 0 Å². The number of fused-ring (bicyclic) bond motifs is 1. The minimum Gasteiger partial charge on any atom is -0.451 e. The van der Waals surface area contributed by atoms with Crippen LogP contribution in [0.15, 0.2) is 51.8 Å². The summed E-state index contributed by atoms with van der Waals surface area (Å²) >= 11 is 5.98. The Balaban J connectivity index is 1.65. The molecule has 0 atom stereocenters. The van der Waals surface area contributed by atoms with Crippen LogP contribution in [0, 0.1) is 6.92 Å². The van der Waals surface area contributed by atoms with Crippen molar-refractivity contribution < 1.29 is 17.6 Å². The fraction of sp³-hybridized carbons (Fsp3) is 0.167. The fourth-order valence-corrected chi connectivity index (χ4v) is 3.34. The number of rotatable bonds is 5. The summed E-state index contributed by atoms with van der Waals surface area (Å²) in [5.41, 5.74) is 2.22. The molecule has 0 aliphatic heterocycles. The molecule has 3 rings (SSSR count). The van der Waals surface area contributed by atoms with Crippen molar-refractivity contribution in [3.05, 3.63) is 64.4 Å². The lowest BCUT2D eigenvalue weighted by Crippen LogP contribution is -2.25. The molecular formula is C18H17ClN2O4S. The standard InChI is InChI=1S/C18H17ClN2O4S/c1-11-15-10-13(19)4-7-16(15)25-17(11)18(22)21-9-8-12-2-5-14(6-3-12)26(20,23)24/h2-7,10H,8-9H2,1H3,(H,21,22)(H2,20,23,24). The van der Waals surface area contributed by atoms with Crippen molar-refractivity contribution in [1.82, 2.24) is 5.32 Å². The lowest BCUT2D eigenvalue weighted by Gasteiger charge is -2.05. The topological polar surface area (TPSA) is 102 Å². The van der Waals surface area contributed by atoms with Gasteiger partial charge in [-0.05, 0) is 49.2 Å². The molecule has 0 spiro atoms. The summed E-state index contributed by atoms with van der Waals surface area (Å²) in [4.78, 5) is 12.4. The highest BCUT2D eigenvalue weighted by molar-refractivity contribution is 7.89. The molecule has 0 radical (unpaired) electrons. The van der Waals surface area contributed by atoms with E-state index in [1.165, 1.54) is 12.1 Å². The molecular weight excluding hydrogens is 376 g/mol. The van der Waals surface area contributed by atoms with Crippen molar-refractivity contribution in [2.75, 3.05) is 6.54 Å². The summed E-state index contributed by atoms with van der Waals surface area (Å²) in [7, 11) is -3.70. The molecule has 1 aromatic heterocycles. The first kappa shape index (κ1) is 18.4. The van der Waals surface area contributed by atoms with Gasteiger partial charge in [-0.3, -0.25) is 4.79 Å². The van der Waals surface area contributed by atoms with Crippen molar-refractivity contribution in [2.45, 2.75) is 18.2 Å². The molecule has 0 saturated carbocycles. The van der Waals surface area contributed by atoms with Crippen molar-refractivity contribution in [2.24, 2.45) is 5.14 Å². The van der Waals surface area contributed by atoms with Gasteiger partial charge in [-0.1, -0.05) is 23.7 Å². The van der Waals surface area contributed by atoms with Gasteiger partial charge in [-0.2, -0.15) is 0 Å². The molecule has 2 aromatic carbocycles. The van der Waals surface area contributed by atoms with Gasteiger partial charge in [0.1, 0.15) is 5.58 Å². The lowest BCUT2D eigenvalue weighted by atomic mass is 10.1. The van der Waals surface area contributed by atoms with E-state index in [1.807, 2.05) is 6.92 Å². The summed E-state index contributed by atoms with van der Waals surface area (Å²) in [6, 6.07) is 11.4. The highest BCUT2D eigenvalue weighted by Gasteiger charge is 2.17. The Bertz CT molecular complexity index is 1070. The van der Waals surface area contributed by atoms with Gasteiger partial charge in [0.05, 0.1) is 4.90 Å². The number of furan rings is 1. The smallest absolute Gasteiger partial charge is 0.287 e. The van der Waals surface area contributed by atoms with Crippen LogP contribution in [0.25, 0.3) is 11.0 Å². The highest BCUT2D eigenvalue weighted by atomic mass is 35.5. The van der Waals surface area contributed by atoms with Gasteiger partial charge in [-0.25, -0.2) is 13.6 Å². The summed E-state index contributed by atoms with van der Waals surface area (Å²) in [5, 5.41) is 9.25. The summed E-state index contributed by atoms with van der Waals surface area (Å²) in [5.74, 6) is -0.0529. The number of hydrogen-bond acceptors (Lipinski definition) is 4. The maximum atomic E-state index is 12.4. The molecule has 3 N–H and O–H groups in total. The van der Waals surface area contributed by atoms with Gasteiger partial charge in [0.15, 0.2) is 5.76 Å². The molecule has 136 valence electrons. The number of aryl methyl sites for hydroxylation is 1. The van der Waals surface area contributed by atoms with Gasteiger partial charge >= 0.3 is 0 Å². The molecule has 0 aliphatic carbocycles. The third-order valence-electron chi connectivity index (χ3n) is 4.06. The van der Waals surface area contributed by atoms with Gasteiger partial charge in [-0.15, -0.1) is 0 Å². The van der Waals surface area contributed by atoms with Gasteiger partial charge in [0.25, 0.3) is 5.91 Å². The first-order chi connectivity index (χ1) is 12.3. The predicted octanol–water partition coefficient (Wildman–Crippen LogP) is 3.01. The number of benzene rings is 2. The van der Waals surface area contributed by atoms with E-state index >= 15 is 0 Å². The molecule has 1 amide bonds. The van der Waals surface area contributed by atoms with E-state index in [2.05, 4.69) is 5.32 Å². The Morgan fingerprint density at radius 1 is 1.19 bits per heavy atom. The van der Waals surface area contributed by atoms with Crippen LogP contribution in [0.1, 0.15) is 21.7 Å². The third kappa shape index (κ3) is 3.90. The zero-order chi connectivity index (χ0) is 18.9. The Labute approximate surface area is 156 Å². The van der Waals surface area contributed by atoms with Crippen LogP contribution in [0.3, 0.4) is 0 Å². The van der Waals surface area contributed by atoms with Crippen LogP contribution in [0.2, 0.25) is 5.02 Å². The maximum Gasteiger partial charge on any atom is 0.287 e. The van der Waals surface area contributed by atoms with E-state index < -0.39 is 10.0 Å². The second-order valence-electron chi connectivity index (χ2n) is 5.89. The van der Waals surface area contributed by atoms with Crippen LogP contribution in [0.5, 0.6) is 0 Å². The number of carbonyl (C=O) groups is 1. The van der Waals surface area contributed by atoms with Crippen LogP contribution in [-0.4, -0.2) is 20.9 Å². The van der Waals surface area contributed by atoms with E-state index in [0.717, 1.165) is 16.5 Å². The van der Waals surface area contributed by atoms with E-state index in [9.17, 15) is 13.2 Å². The lowest BCUT2D eigenvalue weighted by molar-refractivity contribution is 0.0927. The normalized spacial score (nSPS) is 11.7. The number of amides is 1. The SMILES string of the molecule is Cc1c(C(=O)NCCc2ccc(S(N)(=O)=O)cc2)oc2ccc(Cl)cc12. The van der Waals surface area contributed by atoms with E-state index in [-0.39, 0.29) is 16.6 Å². The number of halogens is 1. The van der Waals surface area contributed by atoms with E-state index in [4.69, 9.17) is 21.2 Å². The molecule has 0 aliphatic rings. The van der Waals surface area contributed by atoms with E-state index in [1.54, 1.807) is 30.3 Å². The molecule has 6 nitrogen and oxygen atoms in total. The molecule has 0 unspecified atom stereocenters. The van der Waals surface area contributed by atoms with Gasteiger partial charge < -0.3 is 9.73 Å². The second-order valence-corrected chi connectivity index (χ2v) is 7.89. The molecule has 0 bridgehead atoms. The van der Waals surface area contributed by atoms with Gasteiger partial charge in [0, 0.05) is 22.5 Å². The minimum atomic E-state index is -3.70. The van der Waals surface area contributed by atoms with E-state index in [0.29, 0.717) is 23.6 Å². The summed E-state index contributed by atoms with van der Waals surface area (Å²) in [6.45, 7) is 2.19. The number of nitrogens with one attached hydrogen (secondary N) is 1. The predicted molar refractivity (Wildman–Crippen MR) is 99.8 cm³/mol. The number of nitrogens with two attached hydrogens (primary N) is 1. The molecule has 26 heavy (non-hydrogen) atoms. The zero-order valence-electron chi connectivity index (χ0n) is 14.0. The molecule has 8 heteroatoms. The highest BCUT2D eigenvalue weighted by Crippen LogP contribution is 2.27. The zero-order valence-corrected chi connectivity index (χ0v) is 15.5. The average molecular weight is 393 g/mol. The summed E-state index contributed by atoms with van der Waals surface area (Å²) < 4.78 is 28.1. The van der Waals surface area contributed by atoms with Crippen LogP contribution >= 0.6 is 11.6 Å². The molecule has 3 aromatic rings. The monoisotopic (exact) mass is 392 g/mol. The minimum absolute atomic E-state index is 0.0573. The quantitative estimate of drug-likeness (QED) is 0.696. The first-order valence-electron chi connectivity index (χ1n) is 7.84. The Morgan fingerprint density at radius 3 is 2.54 bits per heavy atom. The Morgan fingerprint density at radius 2 is 1.88 bits per heavy atom.